The number of carbonyl (C=O) groups excluding carboxylic acids is 1. The van der Waals surface area contributed by atoms with Gasteiger partial charge in [0.1, 0.15) is 5.75 Å². The Kier molecular flexibility index (Phi) is 3.53. The molecule has 2 aliphatic heterocycles. The Labute approximate surface area is 121 Å². The summed E-state index contributed by atoms with van der Waals surface area (Å²) in [6, 6.07) is 4.22. The molecule has 2 aliphatic rings. The van der Waals surface area contributed by atoms with Gasteiger partial charge in [-0.2, -0.15) is 0 Å². The van der Waals surface area contributed by atoms with Crippen molar-refractivity contribution in [1.29, 1.82) is 0 Å². The highest BCUT2D eigenvalue weighted by molar-refractivity contribution is 5.76. The standard InChI is InChI=1S/C15H16F2N2O2/c1-18-7-2-8-19(15(18)20)13-6-4-10-9-11(14(16)17)3-5-12(10)21-13/h3-6,9,13-14H,2,7-8H2,1H3. The summed E-state index contributed by atoms with van der Waals surface area (Å²) in [5.41, 5.74) is 0.580. The van der Waals surface area contributed by atoms with E-state index in [1.165, 1.54) is 18.2 Å². The van der Waals surface area contributed by atoms with E-state index in [4.69, 9.17) is 4.74 Å². The van der Waals surface area contributed by atoms with Crippen LogP contribution in [0.15, 0.2) is 24.3 Å². The first kappa shape index (κ1) is 13.9. The number of urea groups is 1. The predicted octanol–water partition coefficient (Wildman–Crippen LogP) is 3.11. The second kappa shape index (κ2) is 5.35. The number of rotatable bonds is 2. The number of alkyl halides is 2. The van der Waals surface area contributed by atoms with Gasteiger partial charge in [-0.1, -0.05) is 0 Å². The SMILES string of the molecule is CN1CCCN(C2C=Cc3cc(C(F)F)ccc3O2)C1=O. The molecule has 1 fully saturated rings. The molecule has 0 N–H and O–H groups in total. The molecule has 0 saturated carbocycles. The summed E-state index contributed by atoms with van der Waals surface area (Å²) in [6.07, 6.45) is 1.36. The highest BCUT2D eigenvalue weighted by atomic mass is 19.3. The number of ether oxygens (including phenoxy) is 1. The third-order valence-electron chi connectivity index (χ3n) is 3.75. The highest BCUT2D eigenvalue weighted by Gasteiger charge is 2.31. The number of benzene rings is 1. The van der Waals surface area contributed by atoms with E-state index in [1.54, 1.807) is 29.0 Å². The summed E-state index contributed by atoms with van der Waals surface area (Å²) >= 11 is 0. The van der Waals surface area contributed by atoms with Gasteiger partial charge in [0.15, 0.2) is 6.23 Å². The third-order valence-corrected chi connectivity index (χ3v) is 3.75. The van der Waals surface area contributed by atoms with Crippen LogP contribution in [0.1, 0.15) is 24.0 Å². The monoisotopic (exact) mass is 294 g/mol. The lowest BCUT2D eigenvalue weighted by molar-refractivity contribution is 0.0517. The Morgan fingerprint density at radius 3 is 2.90 bits per heavy atom. The topological polar surface area (TPSA) is 32.8 Å². The van der Waals surface area contributed by atoms with Gasteiger partial charge in [0, 0.05) is 31.3 Å². The van der Waals surface area contributed by atoms with E-state index in [-0.39, 0.29) is 11.6 Å². The number of hydrogen-bond donors (Lipinski definition) is 0. The van der Waals surface area contributed by atoms with Gasteiger partial charge in [0.05, 0.1) is 0 Å². The zero-order valence-corrected chi connectivity index (χ0v) is 11.6. The van der Waals surface area contributed by atoms with Crippen LogP contribution in [0.2, 0.25) is 0 Å². The van der Waals surface area contributed by atoms with Crippen molar-refractivity contribution in [3.05, 3.63) is 35.4 Å². The van der Waals surface area contributed by atoms with Crippen LogP contribution in [-0.2, 0) is 0 Å². The summed E-state index contributed by atoms with van der Waals surface area (Å²) in [7, 11) is 1.75. The molecule has 4 nitrogen and oxygen atoms in total. The Morgan fingerprint density at radius 2 is 2.14 bits per heavy atom. The first-order valence-corrected chi connectivity index (χ1v) is 6.85. The van der Waals surface area contributed by atoms with Gasteiger partial charge >= 0.3 is 6.03 Å². The fourth-order valence-electron chi connectivity index (χ4n) is 2.59. The molecule has 0 radical (unpaired) electrons. The largest absolute Gasteiger partial charge is 0.466 e. The van der Waals surface area contributed by atoms with E-state index in [0.717, 1.165) is 13.0 Å². The van der Waals surface area contributed by atoms with Crippen molar-refractivity contribution in [2.24, 2.45) is 0 Å². The maximum Gasteiger partial charge on any atom is 0.322 e. The summed E-state index contributed by atoms with van der Waals surface area (Å²) in [5.74, 6) is 0.521. The molecule has 3 rings (SSSR count). The van der Waals surface area contributed by atoms with E-state index in [0.29, 0.717) is 17.9 Å². The molecule has 1 saturated heterocycles. The molecule has 0 aliphatic carbocycles. The lowest BCUT2D eigenvalue weighted by Gasteiger charge is -2.38. The fraction of sp³-hybridized carbons (Fsp3) is 0.400. The van der Waals surface area contributed by atoms with Gasteiger partial charge < -0.3 is 9.64 Å². The zero-order valence-electron chi connectivity index (χ0n) is 11.6. The van der Waals surface area contributed by atoms with Gasteiger partial charge in [0.2, 0.25) is 0 Å². The van der Waals surface area contributed by atoms with Crippen molar-refractivity contribution < 1.29 is 18.3 Å². The Hall–Kier alpha value is -2.11. The third kappa shape index (κ3) is 2.57. The average Bonchev–Trinajstić information content (AvgIpc) is 2.49. The molecule has 1 atom stereocenters. The normalized spacial score (nSPS) is 21.5. The first-order chi connectivity index (χ1) is 10.1. The molecule has 0 aromatic heterocycles. The van der Waals surface area contributed by atoms with E-state index < -0.39 is 12.7 Å². The summed E-state index contributed by atoms with van der Waals surface area (Å²) < 4.78 is 31.1. The number of fused-ring (bicyclic) bond motifs is 1. The number of halogens is 2. The molecule has 6 heteroatoms. The van der Waals surface area contributed by atoms with Crippen molar-refractivity contribution >= 4 is 12.1 Å². The number of amides is 2. The van der Waals surface area contributed by atoms with Crippen molar-refractivity contribution in [3.8, 4) is 5.75 Å². The Balaban J connectivity index is 1.81. The fourth-order valence-corrected chi connectivity index (χ4v) is 2.59. The van der Waals surface area contributed by atoms with Crippen LogP contribution in [0.25, 0.3) is 6.08 Å². The maximum atomic E-state index is 12.7. The minimum absolute atomic E-state index is 0.0331. The number of carbonyl (C=O) groups is 1. The van der Waals surface area contributed by atoms with E-state index in [1.807, 2.05) is 0 Å². The first-order valence-electron chi connectivity index (χ1n) is 6.85. The maximum absolute atomic E-state index is 12.7. The zero-order chi connectivity index (χ0) is 15.0. The minimum Gasteiger partial charge on any atom is -0.466 e. The van der Waals surface area contributed by atoms with E-state index in [2.05, 4.69) is 0 Å². The van der Waals surface area contributed by atoms with Crippen LogP contribution in [-0.4, -0.2) is 42.2 Å². The lowest BCUT2D eigenvalue weighted by Crippen LogP contribution is -2.53. The lowest BCUT2D eigenvalue weighted by atomic mass is 10.1. The average molecular weight is 294 g/mol. The van der Waals surface area contributed by atoms with Crippen LogP contribution in [0.3, 0.4) is 0 Å². The molecular formula is C15H16F2N2O2. The molecule has 2 amide bonds. The van der Waals surface area contributed by atoms with Crippen LogP contribution >= 0.6 is 0 Å². The number of nitrogens with zero attached hydrogens (tertiary/aromatic N) is 2. The van der Waals surface area contributed by atoms with Crippen molar-refractivity contribution in [2.45, 2.75) is 19.1 Å². The van der Waals surface area contributed by atoms with Gasteiger partial charge in [-0.3, -0.25) is 4.90 Å². The molecule has 1 unspecified atom stereocenters. The predicted molar refractivity (Wildman–Crippen MR) is 74.2 cm³/mol. The quantitative estimate of drug-likeness (QED) is 0.839. The van der Waals surface area contributed by atoms with Crippen LogP contribution in [0.4, 0.5) is 13.6 Å². The summed E-state index contributed by atoms with van der Waals surface area (Å²) in [4.78, 5) is 15.4. The summed E-state index contributed by atoms with van der Waals surface area (Å²) in [6.45, 7) is 1.36. The number of hydrogen-bond acceptors (Lipinski definition) is 2. The highest BCUT2D eigenvalue weighted by Crippen LogP contribution is 2.31. The minimum atomic E-state index is -2.50. The van der Waals surface area contributed by atoms with E-state index in [9.17, 15) is 13.6 Å². The molecule has 21 heavy (non-hydrogen) atoms. The van der Waals surface area contributed by atoms with Crippen molar-refractivity contribution in [1.82, 2.24) is 9.80 Å². The molecule has 0 spiro atoms. The van der Waals surface area contributed by atoms with Gasteiger partial charge in [0.25, 0.3) is 6.43 Å². The van der Waals surface area contributed by atoms with Crippen molar-refractivity contribution in [3.63, 3.8) is 0 Å². The molecule has 1 aromatic carbocycles. The smallest absolute Gasteiger partial charge is 0.322 e. The molecule has 112 valence electrons. The Morgan fingerprint density at radius 1 is 1.33 bits per heavy atom. The van der Waals surface area contributed by atoms with Crippen LogP contribution in [0.5, 0.6) is 5.75 Å². The second-order valence-electron chi connectivity index (χ2n) is 5.22. The summed E-state index contributed by atoms with van der Waals surface area (Å²) in [5, 5.41) is 0. The molecule has 1 aromatic rings. The molecular weight excluding hydrogens is 278 g/mol. The molecule has 0 bridgehead atoms. The van der Waals surface area contributed by atoms with Gasteiger partial charge in [-0.05, 0) is 36.8 Å². The molecule has 2 heterocycles. The van der Waals surface area contributed by atoms with Crippen LogP contribution < -0.4 is 4.74 Å². The van der Waals surface area contributed by atoms with Gasteiger partial charge in [-0.25, -0.2) is 13.6 Å². The van der Waals surface area contributed by atoms with Crippen molar-refractivity contribution in [2.75, 3.05) is 20.1 Å². The Bertz CT molecular complexity index is 589. The van der Waals surface area contributed by atoms with E-state index >= 15 is 0 Å². The second-order valence-corrected chi connectivity index (χ2v) is 5.22. The van der Waals surface area contributed by atoms with Gasteiger partial charge in [-0.15, -0.1) is 0 Å². The van der Waals surface area contributed by atoms with Crippen LogP contribution in [0, 0.1) is 0 Å².